The summed E-state index contributed by atoms with van der Waals surface area (Å²) in [6, 6.07) is 40.4. The quantitative estimate of drug-likeness (QED) is 0.187. The van der Waals surface area contributed by atoms with Crippen LogP contribution >= 0.6 is 0 Å². The molecule has 0 saturated heterocycles. The first-order chi connectivity index (χ1) is 27.3. The zero-order chi connectivity index (χ0) is 38.2. The molecule has 0 atom stereocenters. The third kappa shape index (κ3) is 4.52. The number of para-hydroxylation sites is 2. The Morgan fingerprint density at radius 3 is 1.84 bits per heavy atom. The molecule has 0 aliphatic rings. The summed E-state index contributed by atoms with van der Waals surface area (Å²) in [5.74, 6) is 1.43. The maximum Gasteiger partial charge on any atom is 0.167 e. The summed E-state index contributed by atoms with van der Waals surface area (Å²) >= 11 is 0. The number of hydrogen-bond acceptors (Lipinski definition) is 4. The average Bonchev–Trinajstić information content (AvgIpc) is 3.81. The molecule has 0 spiro atoms. The lowest BCUT2D eigenvalue weighted by Crippen LogP contribution is -2.00. The van der Waals surface area contributed by atoms with Gasteiger partial charge in [0.05, 0.1) is 35.9 Å². The Morgan fingerprint density at radius 1 is 0.480 bits per heavy atom. The fraction of sp³-hybridized carbons (Fsp3) is 0. The Labute approximate surface area is 296 Å². The minimum absolute atomic E-state index is 0.0220. The molecule has 0 amide bonds. The maximum atomic E-state index is 9.65. The highest BCUT2D eigenvalue weighted by atomic mass is 16.3. The predicted molar refractivity (Wildman–Crippen MR) is 203 cm³/mol. The van der Waals surface area contributed by atoms with Gasteiger partial charge in [-0.15, -0.1) is 0 Å². The molecule has 50 heavy (non-hydrogen) atoms. The van der Waals surface area contributed by atoms with Crippen molar-refractivity contribution in [2.24, 2.45) is 0 Å². The molecular formula is C45H28N4O. The van der Waals surface area contributed by atoms with Crippen LogP contribution in [-0.4, -0.2) is 19.5 Å². The van der Waals surface area contributed by atoms with Crippen molar-refractivity contribution in [1.82, 2.24) is 19.5 Å². The zero-order valence-corrected chi connectivity index (χ0v) is 26.4. The minimum atomic E-state index is -0.179. The van der Waals surface area contributed by atoms with Crippen molar-refractivity contribution >= 4 is 43.7 Å². The van der Waals surface area contributed by atoms with Crippen molar-refractivity contribution in [3.05, 3.63) is 170 Å². The van der Waals surface area contributed by atoms with Crippen LogP contribution in [0, 0.1) is 0 Å². The lowest BCUT2D eigenvalue weighted by atomic mass is 10.0. The Hall–Kier alpha value is -6.85. The van der Waals surface area contributed by atoms with Crippen molar-refractivity contribution in [3.8, 4) is 51.0 Å². The second-order valence-electron chi connectivity index (χ2n) is 11.9. The summed E-state index contributed by atoms with van der Waals surface area (Å²) in [6.07, 6.45) is 0. The van der Waals surface area contributed by atoms with E-state index in [2.05, 4.69) is 0 Å². The summed E-state index contributed by atoms with van der Waals surface area (Å²) in [5, 5.41) is 1.76. The van der Waals surface area contributed by atoms with Gasteiger partial charge in [0.15, 0.2) is 17.5 Å². The van der Waals surface area contributed by atoms with Gasteiger partial charge in [0, 0.05) is 27.3 Å². The molecule has 0 aliphatic carbocycles. The molecule has 5 nitrogen and oxygen atoms in total. The van der Waals surface area contributed by atoms with Crippen LogP contribution in [0.5, 0.6) is 0 Å². The summed E-state index contributed by atoms with van der Waals surface area (Å²) in [6.45, 7) is 0. The number of rotatable bonds is 5. The molecule has 7 aromatic carbocycles. The van der Waals surface area contributed by atoms with E-state index in [9.17, 15) is 2.74 Å². The van der Waals surface area contributed by atoms with E-state index in [1.165, 1.54) is 6.07 Å². The van der Waals surface area contributed by atoms with Gasteiger partial charge in [-0.3, -0.25) is 0 Å². The Balaban J connectivity index is 1.30. The maximum absolute atomic E-state index is 9.65. The molecule has 0 aliphatic heterocycles. The monoisotopic (exact) mass is 646 g/mol. The van der Waals surface area contributed by atoms with Crippen LogP contribution in [0.1, 0.15) is 8.22 Å². The van der Waals surface area contributed by atoms with Crippen molar-refractivity contribution in [2.45, 2.75) is 0 Å². The SMILES string of the molecule is [2H]c1cc([2H])c2c(c1[2H])c1c([2H])c([2H])c(-c3ccccc3)c([2H])c1n2-c1cccc2oc3c(-c4nc(-c5ccccc5)nc(-c5ccccc5)n4)cccc3c12. The van der Waals surface area contributed by atoms with E-state index < -0.39 is 0 Å². The number of fused-ring (bicyclic) bond motifs is 6. The summed E-state index contributed by atoms with van der Waals surface area (Å²) in [4.78, 5) is 14.8. The van der Waals surface area contributed by atoms with Gasteiger partial charge in [0.25, 0.3) is 0 Å². The van der Waals surface area contributed by atoms with Gasteiger partial charge in [-0.05, 0) is 41.4 Å². The van der Waals surface area contributed by atoms with Crippen LogP contribution in [-0.2, 0) is 0 Å². The molecule has 0 radical (unpaired) electrons. The average molecular weight is 647 g/mol. The topological polar surface area (TPSA) is 56.7 Å². The Morgan fingerprint density at radius 2 is 1.12 bits per heavy atom. The van der Waals surface area contributed by atoms with E-state index in [1.54, 1.807) is 16.7 Å². The van der Waals surface area contributed by atoms with Gasteiger partial charge in [-0.25, -0.2) is 15.0 Å². The van der Waals surface area contributed by atoms with Crippen LogP contribution in [0.3, 0.4) is 0 Å². The van der Waals surface area contributed by atoms with E-state index in [1.807, 2.05) is 115 Å². The number of nitrogens with zero attached hydrogens (tertiary/aromatic N) is 4. The van der Waals surface area contributed by atoms with E-state index in [4.69, 9.17) is 24.9 Å². The van der Waals surface area contributed by atoms with Crippen LogP contribution < -0.4 is 0 Å². The molecule has 3 aromatic heterocycles. The largest absolute Gasteiger partial charge is 0.455 e. The van der Waals surface area contributed by atoms with Gasteiger partial charge in [0.1, 0.15) is 11.2 Å². The summed E-state index contributed by atoms with van der Waals surface area (Å²) in [7, 11) is 0. The number of benzene rings is 7. The van der Waals surface area contributed by atoms with Crippen LogP contribution in [0.15, 0.2) is 174 Å². The van der Waals surface area contributed by atoms with Crippen molar-refractivity contribution in [1.29, 1.82) is 0 Å². The van der Waals surface area contributed by atoms with E-state index in [0.29, 0.717) is 50.8 Å². The fourth-order valence-electron chi connectivity index (χ4n) is 6.67. The van der Waals surface area contributed by atoms with Gasteiger partial charge >= 0.3 is 0 Å². The van der Waals surface area contributed by atoms with E-state index in [0.717, 1.165) is 16.5 Å². The smallest absolute Gasteiger partial charge is 0.167 e. The molecular weight excluding hydrogens is 613 g/mol. The predicted octanol–water partition coefficient (Wildman–Crippen LogP) is 11.5. The normalized spacial score (nSPS) is 13.3. The number of hydrogen-bond donors (Lipinski definition) is 0. The highest BCUT2D eigenvalue weighted by Gasteiger charge is 2.21. The lowest BCUT2D eigenvalue weighted by molar-refractivity contribution is 0.669. The molecule has 3 heterocycles. The highest BCUT2D eigenvalue weighted by molar-refractivity contribution is 6.16. The summed E-state index contributed by atoms with van der Waals surface area (Å²) < 4.78 is 63.2. The Bertz CT molecular complexity index is 3140. The fourth-order valence-corrected chi connectivity index (χ4v) is 6.67. The molecule has 10 rings (SSSR count). The van der Waals surface area contributed by atoms with Gasteiger partial charge in [-0.1, -0.05) is 139 Å². The van der Waals surface area contributed by atoms with Crippen LogP contribution in [0.4, 0.5) is 0 Å². The van der Waals surface area contributed by atoms with Gasteiger partial charge in [-0.2, -0.15) is 0 Å². The molecule has 5 heteroatoms. The zero-order valence-electron chi connectivity index (χ0n) is 32.4. The standard InChI is InChI=1S/C45H28N4O/c1-4-14-29(15-5-1)32-26-27-34-33-20-10-11-23-37(33)49(39(34)28-32)38-24-13-25-40-41(38)35-21-12-22-36(42(35)50-40)45-47-43(30-16-6-2-7-17-30)46-44(48-45)31-18-8-3-9-19-31/h1-28H/i10D,20D,23D,26D,27D,28D. The Kier molecular flexibility index (Phi) is 5.17. The third-order valence-electron chi connectivity index (χ3n) is 8.95. The third-order valence-corrected chi connectivity index (χ3v) is 8.95. The molecule has 0 saturated carbocycles. The second kappa shape index (κ2) is 11.4. The van der Waals surface area contributed by atoms with Crippen molar-refractivity contribution < 1.29 is 12.6 Å². The first-order valence-corrected chi connectivity index (χ1v) is 16.2. The minimum Gasteiger partial charge on any atom is -0.455 e. The molecule has 0 unspecified atom stereocenters. The van der Waals surface area contributed by atoms with Crippen LogP contribution in [0.25, 0.3) is 94.7 Å². The van der Waals surface area contributed by atoms with Crippen molar-refractivity contribution in [3.63, 3.8) is 0 Å². The highest BCUT2D eigenvalue weighted by Crippen LogP contribution is 2.42. The molecule has 0 bridgehead atoms. The number of aromatic nitrogens is 4. The van der Waals surface area contributed by atoms with E-state index in [-0.39, 0.29) is 63.6 Å². The van der Waals surface area contributed by atoms with Gasteiger partial charge in [0.2, 0.25) is 0 Å². The lowest BCUT2D eigenvalue weighted by Gasteiger charge is -2.11. The van der Waals surface area contributed by atoms with E-state index >= 15 is 0 Å². The first-order valence-electron chi connectivity index (χ1n) is 19.2. The molecule has 10 aromatic rings. The molecule has 0 N–H and O–H groups in total. The first kappa shape index (κ1) is 22.7. The molecule has 0 fully saturated rings. The molecule has 234 valence electrons. The number of furan rings is 1. The van der Waals surface area contributed by atoms with Gasteiger partial charge < -0.3 is 8.98 Å². The van der Waals surface area contributed by atoms with Crippen LogP contribution in [0.2, 0.25) is 0 Å². The second-order valence-corrected chi connectivity index (χ2v) is 11.9. The summed E-state index contributed by atoms with van der Waals surface area (Å²) in [5.41, 5.74) is 5.30. The van der Waals surface area contributed by atoms with Crippen molar-refractivity contribution in [2.75, 3.05) is 0 Å².